The van der Waals surface area contributed by atoms with E-state index in [1.807, 2.05) is 0 Å². The summed E-state index contributed by atoms with van der Waals surface area (Å²) in [5.41, 5.74) is 0.0457. The van der Waals surface area contributed by atoms with Crippen molar-refractivity contribution in [3.63, 3.8) is 0 Å². The van der Waals surface area contributed by atoms with Gasteiger partial charge in [0.2, 0.25) is 0 Å². The Balaban J connectivity index is 2.58. The monoisotopic (exact) mass is 403 g/mol. The van der Waals surface area contributed by atoms with Gasteiger partial charge in [-0.1, -0.05) is 30.3 Å². The normalized spacial score (nSPS) is 13.0. The zero-order valence-electron chi connectivity index (χ0n) is 11.9. The van der Waals surface area contributed by atoms with Gasteiger partial charge in [-0.2, -0.15) is 17.6 Å². The number of benzene rings is 2. The van der Waals surface area contributed by atoms with Crippen LogP contribution in [-0.2, 0) is 0 Å². The first-order valence-electron chi connectivity index (χ1n) is 6.59. The molecule has 2 rings (SSSR count). The smallest absolute Gasteiger partial charge is 0.258 e. The second-order valence-corrected chi connectivity index (χ2v) is 5.84. The fourth-order valence-corrected chi connectivity index (χ4v) is 2.09. The number of hydrogen-bond donors (Lipinski definition) is 0. The van der Waals surface area contributed by atoms with E-state index in [0.717, 1.165) is 12.1 Å². The third-order valence-electron chi connectivity index (χ3n) is 3.18. The number of rotatable bonds is 5. The van der Waals surface area contributed by atoms with E-state index < -0.39 is 15.7 Å². The summed E-state index contributed by atoms with van der Waals surface area (Å²) in [4.78, 5) is 5.61. The van der Waals surface area contributed by atoms with Crippen molar-refractivity contribution in [2.45, 2.75) is 10.8 Å². The van der Waals surface area contributed by atoms with Crippen molar-refractivity contribution >= 4 is 27.2 Å². The number of nitrogens with zero attached hydrogens (tertiary/aromatic N) is 1. The standard InChI is InChI=1S/C16H10BrF4NO2/c17-16(20,21)15(18,19)10-14(11-4-2-1-3-5-11)12-6-8-13(9-7-12)22(23)24/h1-10H/b14-10+. The first-order valence-corrected chi connectivity index (χ1v) is 7.39. The molecule has 0 spiro atoms. The molecular weight excluding hydrogens is 394 g/mol. The van der Waals surface area contributed by atoms with Crippen LogP contribution in [0.2, 0.25) is 0 Å². The molecule has 126 valence electrons. The highest BCUT2D eigenvalue weighted by Gasteiger charge is 2.52. The number of nitro benzene ring substituents is 1. The van der Waals surface area contributed by atoms with Gasteiger partial charge >= 0.3 is 10.8 Å². The van der Waals surface area contributed by atoms with E-state index in [1.54, 1.807) is 34.1 Å². The molecule has 2 aromatic rings. The van der Waals surface area contributed by atoms with Gasteiger partial charge in [0.05, 0.1) is 4.92 Å². The Labute approximate surface area is 142 Å². The average molecular weight is 404 g/mol. The van der Waals surface area contributed by atoms with Crippen LogP contribution in [-0.4, -0.2) is 15.7 Å². The van der Waals surface area contributed by atoms with Crippen LogP contribution >= 0.6 is 15.9 Å². The molecule has 0 aliphatic heterocycles. The largest absolute Gasteiger partial charge is 0.367 e. The van der Waals surface area contributed by atoms with Gasteiger partial charge in [0.15, 0.2) is 0 Å². The van der Waals surface area contributed by atoms with Crippen molar-refractivity contribution in [2.24, 2.45) is 0 Å². The van der Waals surface area contributed by atoms with Crippen molar-refractivity contribution < 1.29 is 22.5 Å². The van der Waals surface area contributed by atoms with Gasteiger partial charge in [0.1, 0.15) is 0 Å². The van der Waals surface area contributed by atoms with Crippen molar-refractivity contribution in [3.05, 3.63) is 81.9 Å². The number of hydrogen-bond acceptors (Lipinski definition) is 2. The highest BCUT2D eigenvalue weighted by Crippen LogP contribution is 2.42. The third-order valence-corrected chi connectivity index (χ3v) is 3.71. The van der Waals surface area contributed by atoms with E-state index in [-0.39, 0.29) is 28.5 Å². The van der Waals surface area contributed by atoms with Crippen molar-refractivity contribution in [1.29, 1.82) is 0 Å². The summed E-state index contributed by atoms with van der Waals surface area (Å²) < 4.78 is 53.7. The molecule has 0 unspecified atom stereocenters. The Morgan fingerprint density at radius 3 is 1.92 bits per heavy atom. The van der Waals surface area contributed by atoms with Gasteiger partial charge in [-0.3, -0.25) is 10.1 Å². The molecule has 0 aliphatic carbocycles. The molecule has 0 saturated heterocycles. The molecule has 0 aromatic heterocycles. The minimum absolute atomic E-state index is 0.151. The van der Waals surface area contributed by atoms with E-state index in [2.05, 4.69) is 0 Å². The van der Waals surface area contributed by atoms with Gasteiger partial charge < -0.3 is 0 Å². The number of non-ortho nitro benzene ring substituents is 1. The van der Waals surface area contributed by atoms with Crippen LogP contribution in [0.1, 0.15) is 11.1 Å². The van der Waals surface area contributed by atoms with Crippen molar-refractivity contribution in [1.82, 2.24) is 0 Å². The summed E-state index contributed by atoms with van der Waals surface area (Å²) in [5, 5.41) is 10.7. The molecule has 0 N–H and O–H groups in total. The lowest BCUT2D eigenvalue weighted by atomic mass is 9.96. The predicted molar refractivity (Wildman–Crippen MR) is 85.4 cm³/mol. The van der Waals surface area contributed by atoms with Crippen LogP contribution in [0.25, 0.3) is 5.57 Å². The average Bonchev–Trinajstić information content (AvgIpc) is 2.52. The molecule has 0 amide bonds. The molecule has 3 nitrogen and oxygen atoms in total. The summed E-state index contributed by atoms with van der Waals surface area (Å²) in [6.07, 6.45) is 0.151. The quantitative estimate of drug-likeness (QED) is 0.280. The molecule has 0 heterocycles. The molecule has 0 saturated carbocycles. The number of allylic oxidation sites excluding steroid dienone is 1. The van der Waals surface area contributed by atoms with Crippen molar-refractivity contribution in [3.8, 4) is 0 Å². The first kappa shape index (κ1) is 18.1. The predicted octanol–water partition coefficient (Wildman–Crippen LogP) is 5.65. The minimum Gasteiger partial charge on any atom is -0.258 e. The van der Waals surface area contributed by atoms with Crippen LogP contribution in [0.4, 0.5) is 23.2 Å². The molecule has 8 heteroatoms. The third kappa shape index (κ3) is 4.00. The lowest BCUT2D eigenvalue weighted by molar-refractivity contribution is -0.384. The first-order chi connectivity index (χ1) is 11.1. The second kappa shape index (κ2) is 6.72. The molecule has 0 fully saturated rings. The Morgan fingerprint density at radius 2 is 1.46 bits per heavy atom. The Hall–Kier alpha value is -2.22. The van der Waals surface area contributed by atoms with E-state index in [0.29, 0.717) is 0 Å². The van der Waals surface area contributed by atoms with Crippen molar-refractivity contribution in [2.75, 3.05) is 0 Å². The zero-order valence-corrected chi connectivity index (χ0v) is 13.5. The minimum atomic E-state index is -4.46. The van der Waals surface area contributed by atoms with Gasteiger partial charge in [0, 0.05) is 18.2 Å². The number of nitro groups is 1. The summed E-state index contributed by atoms with van der Waals surface area (Å²) in [7, 11) is 0. The molecule has 0 aliphatic rings. The summed E-state index contributed by atoms with van der Waals surface area (Å²) >= 11 is 1.69. The summed E-state index contributed by atoms with van der Waals surface area (Å²) in [6.45, 7) is 0. The Bertz CT molecular complexity index is 756. The van der Waals surface area contributed by atoms with Crippen LogP contribution in [0.15, 0.2) is 60.7 Å². The van der Waals surface area contributed by atoms with Gasteiger partial charge in [0.25, 0.3) is 5.69 Å². The zero-order chi connectivity index (χ0) is 18.0. The van der Waals surface area contributed by atoms with Crippen LogP contribution < -0.4 is 0 Å². The number of alkyl halides is 5. The fraction of sp³-hybridized carbons (Fsp3) is 0.125. The molecule has 24 heavy (non-hydrogen) atoms. The Kier molecular flexibility index (Phi) is 5.08. The Morgan fingerprint density at radius 1 is 0.958 bits per heavy atom. The second-order valence-electron chi connectivity index (χ2n) is 4.85. The van der Waals surface area contributed by atoms with E-state index >= 15 is 0 Å². The van der Waals surface area contributed by atoms with Crippen LogP contribution in [0.3, 0.4) is 0 Å². The molecule has 0 radical (unpaired) electrons. The maximum Gasteiger partial charge on any atom is 0.367 e. The van der Waals surface area contributed by atoms with Gasteiger partial charge in [-0.05, 0) is 44.8 Å². The van der Waals surface area contributed by atoms with E-state index in [1.165, 1.54) is 24.3 Å². The molecule has 2 aromatic carbocycles. The topological polar surface area (TPSA) is 43.1 Å². The molecule has 0 bridgehead atoms. The lowest BCUT2D eigenvalue weighted by Gasteiger charge is -2.20. The molecular formula is C16H10BrF4NO2. The lowest BCUT2D eigenvalue weighted by Crippen LogP contribution is -2.33. The number of halogens is 5. The van der Waals surface area contributed by atoms with Gasteiger partial charge in [-0.15, -0.1) is 0 Å². The highest BCUT2D eigenvalue weighted by atomic mass is 79.9. The van der Waals surface area contributed by atoms with Crippen LogP contribution in [0.5, 0.6) is 0 Å². The fourth-order valence-electron chi connectivity index (χ4n) is 1.98. The van der Waals surface area contributed by atoms with Gasteiger partial charge in [-0.25, -0.2) is 0 Å². The highest BCUT2D eigenvalue weighted by molar-refractivity contribution is 9.10. The van der Waals surface area contributed by atoms with E-state index in [9.17, 15) is 27.7 Å². The summed E-state index contributed by atoms with van der Waals surface area (Å²) in [6, 6.07) is 12.5. The SMILES string of the molecule is O=[N+]([O-])c1ccc(/C(=C/C(F)(F)C(F)(F)Br)c2ccccc2)cc1. The maximum atomic E-state index is 13.8. The molecule has 0 atom stereocenters. The van der Waals surface area contributed by atoms with E-state index in [4.69, 9.17) is 0 Å². The maximum absolute atomic E-state index is 13.8. The van der Waals surface area contributed by atoms with Crippen LogP contribution in [0, 0.1) is 10.1 Å². The summed E-state index contributed by atoms with van der Waals surface area (Å²) in [5.74, 6) is -4.46.